The lowest BCUT2D eigenvalue weighted by Crippen LogP contribution is -2.28. The van der Waals surface area contributed by atoms with Crippen LogP contribution in [0.15, 0.2) is 54.6 Å². The number of hydrogen-bond donors (Lipinski definition) is 0. The fourth-order valence-electron chi connectivity index (χ4n) is 3.22. The number of hydrogen-bond acceptors (Lipinski definition) is 3. The first kappa shape index (κ1) is 20.2. The molecule has 4 nitrogen and oxygen atoms in total. The van der Waals surface area contributed by atoms with E-state index in [0.29, 0.717) is 12.3 Å². The van der Waals surface area contributed by atoms with Crippen molar-refractivity contribution in [1.82, 2.24) is 14.7 Å². The Bertz CT molecular complexity index is 950. The van der Waals surface area contributed by atoms with Gasteiger partial charge in [0, 0.05) is 30.6 Å². The van der Waals surface area contributed by atoms with Crippen molar-refractivity contribution in [2.75, 3.05) is 12.8 Å². The molecule has 0 aliphatic carbocycles. The molecule has 1 amide bonds. The molecule has 3 aromatic rings. The van der Waals surface area contributed by atoms with Crippen LogP contribution in [0.1, 0.15) is 28.1 Å². The lowest BCUT2D eigenvalue weighted by molar-refractivity contribution is -0.127. The highest BCUT2D eigenvalue weighted by Crippen LogP contribution is 2.20. The summed E-state index contributed by atoms with van der Waals surface area (Å²) in [7, 11) is 1.87. The number of para-hydroxylation sites is 1. The molecule has 0 fully saturated rings. The third-order valence-corrected chi connectivity index (χ3v) is 5.83. The van der Waals surface area contributed by atoms with Gasteiger partial charge in [0.15, 0.2) is 0 Å². The Morgan fingerprint density at radius 3 is 2.54 bits per heavy atom. The summed E-state index contributed by atoms with van der Waals surface area (Å²) in [4.78, 5) is 14.4. The quantitative estimate of drug-likeness (QED) is 0.584. The Kier molecular flexibility index (Phi) is 6.57. The van der Waals surface area contributed by atoms with Crippen molar-refractivity contribution in [2.24, 2.45) is 0 Å². The van der Waals surface area contributed by atoms with Gasteiger partial charge in [0.05, 0.1) is 17.1 Å². The number of thioether (sulfide) groups is 1. The van der Waals surface area contributed by atoms with Crippen molar-refractivity contribution in [3.8, 4) is 5.69 Å². The Labute approximate surface area is 171 Å². The third kappa shape index (κ3) is 4.84. The average Bonchev–Trinajstić information content (AvgIpc) is 2.97. The molecule has 0 atom stereocenters. The highest BCUT2D eigenvalue weighted by molar-refractivity contribution is 7.99. The maximum absolute atomic E-state index is 12.6. The largest absolute Gasteiger partial charge is 0.341 e. The minimum absolute atomic E-state index is 0.143. The van der Waals surface area contributed by atoms with Gasteiger partial charge in [-0.2, -0.15) is 5.10 Å². The summed E-state index contributed by atoms with van der Waals surface area (Å²) < 4.78 is 1.95. The molecule has 1 heterocycles. The maximum Gasteiger partial charge on any atom is 0.232 e. The molecular weight excluding hydrogens is 366 g/mol. The minimum atomic E-state index is 0.143. The van der Waals surface area contributed by atoms with Gasteiger partial charge < -0.3 is 4.90 Å². The zero-order valence-electron chi connectivity index (χ0n) is 17.0. The van der Waals surface area contributed by atoms with E-state index in [-0.39, 0.29) is 5.91 Å². The molecule has 1 aromatic heterocycles. The zero-order valence-corrected chi connectivity index (χ0v) is 17.8. The van der Waals surface area contributed by atoms with Crippen LogP contribution < -0.4 is 0 Å². The van der Waals surface area contributed by atoms with Crippen LogP contribution >= 0.6 is 11.8 Å². The lowest BCUT2D eigenvalue weighted by atomic mass is 10.2. The number of aryl methyl sites for hydroxylation is 2. The highest BCUT2D eigenvalue weighted by Gasteiger charge is 2.17. The molecule has 0 spiro atoms. The van der Waals surface area contributed by atoms with E-state index < -0.39 is 0 Å². The summed E-state index contributed by atoms with van der Waals surface area (Å²) in [5.41, 5.74) is 6.71. The van der Waals surface area contributed by atoms with Crippen LogP contribution in [-0.4, -0.2) is 33.4 Å². The summed E-state index contributed by atoms with van der Waals surface area (Å²) >= 11 is 1.66. The normalized spacial score (nSPS) is 10.9. The first-order valence-electron chi connectivity index (χ1n) is 9.43. The monoisotopic (exact) mass is 393 g/mol. The van der Waals surface area contributed by atoms with Crippen LogP contribution in [0.3, 0.4) is 0 Å². The highest BCUT2D eigenvalue weighted by atomic mass is 32.2. The van der Waals surface area contributed by atoms with Gasteiger partial charge >= 0.3 is 0 Å². The van der Waals surface area contributed by atoms with Crippen LogP contribution in [0.5, 0.6) is 0 Å². The number of carbonyl (C=O) groups is 1. The number of amides is 1. The third-order valence-electron chi connectivity index (χ3n) is 4.84. The van der Waals surface area contributed by atoms with Crippen LogP contribution in [0.4, 0.5) is 0 Å². The van der Waals surface area contributed by atoms with Crippen LogP contribution in [0.25, 0.3) is 5.69 Å². The second-order valence-electron chi connectivity index (χ2n) is 7.13. The van der Waals surface area contributed by atoms with Gasteiger partial charge in [-0.1, -0.05) is 48.0 Å². The van der Waals surface area contributed by atoms with Gasteiger partial charge in [-0.05, 0) is 38.5 Å². The van der Waals surface area contributed by atoms with Gasteiger partial charge in [-0.3, -0.25) is 4.79 Å². The number of rotatable bonds is 7. The molecule has 28 heavy (non-hydrogen) atoms. The fraction of sp³-hybridized carbons (Fsp3) is 0.304. The molecule has 3 rings (SSSR count). The van der Waals surface area contributed by atoms with Crippen molar-refractivity contribution in [1.29, 1.82) is 0 Å². The van der Waals surface area contributed by atoms with Gasteiger partial charge in [0.25, 0.3) is 0 Å². The second-order valence-corrected chi connectivity index (χ2v) is 8.11. The van der Waals surface area contributed by atoms with E-state index in [0.717, 1.165) is 28.4 Å². The van der Waals surface area contributed by atoms with Crippen LogP contribution in [0.2, 0.25) is 0 Å². The molecule has 5 heteroatoms. The first-order chi connectivity index (χ1) is 13.5. The van der Waals surface area contributed by atoms with Crippen LogP contribution in [-0.2, 0) is 17.1 Å². The Hall–Kier alpha value is -2.53. The second kappa shape index (κ2) is 9.11. The molecule has 0 saturated carbocycles. The van der Waals surface area contributed by atoms with Crippen molar-refractivity contribution in [3.05, 3.63) is 82.7 Å². The smallest absolute Gasteiger partial charge is 0.232 e. The molecule has 0 radical (unpaired) electrons. The molecule has 0 bridgehead atoms. The van der Waals surface area contributed by atoms with Crippen molar-refractivity contribution >= 4 is 17.7 Å². The summed E-state index contributed by atoms with van der Waals surface area (Å²) in [6, 6.07) is 18.5. The molecule has 0 unspecified atom stereocenters. The molecule has 2 aromatic carbocycles. The number of aromatic nitrogens is 2. The topological polar surface area (TPSA) is 38.1 Å². The summed E-state index contributed by atoms with van der Waals surface area (Å²) in [5.74, 6) is 1.48. The molecule has 0 aliphatic rings. The Balaban J connectivity index is 1.60. The van der Waals surface area contributed by atoms with Gasteiger partial charge in [0.1, 0.15) is 0 Å². The van der Waals surface area contributed by atoms with E-state index in [2.05, 4.69) is 43.2 Å². The predicted molar refractivity (Wildman–Crippen MR) is 117 cm³/mol. The van der Waals surface area contributed by atoms with Crippen LogP contribution in [0, 0.1) is 20.8 Å². The SMILES string of the molecule is Cc1cccc(CSCC(=O)N(C)Cc2c(C)nn(-c3ccccc3)c2C)c1. The van der Waals surface area contributed by atoms with E-state index in [1.807, 2.05) is 49.0 Å². The molecule has 0 saturated heterocycles. The Morgan fingerprint density at radius 1 is 1.07 bits per heavy atom. The maximum atomic E-state index is 12.6. The number of benzene rings is 2. The first-order valence-corrected chi connectivity index (χ1v) is 10.6. The molecule has 0 N–H and O–H groups in total. The van der Waals surface area contributed by atoms with Gasteiger partial charge in [0.2, 0.25) is 5.91 Å². The zero-order chi connectivity index (χ0) is 20.1. The fourth-order valence-corrected chi connectivity index (χ4v) is 4.13. The van der Waals surface area contributed by atoms with Crippen molar-refractivity contribution < 1.29 is 4.79 Å². The van der Waals surface area contributed by atoms with Crippen molar-refractivity contribution in [3.63, 3.8) is 0 Å². The number of carbonyl (C=O) groups excluding carboxylic acids is 1. The molecular formula is C23H27N3OS. The molecule has 146 valence electrons. The Morgan fingerprint density at radius 2 is 1.82 bits per heavy atom. The standard InChI is InChI=1S/C23H27N3OS/c1-17-9-8-10-20(13-17)15-28-16-23(27)25(4)14-22-18(2)24-26(19(22)3)21-11-6-5-7-12-21/h5-13H,14-16H2,1-4H3. The predicted octanol–water partition coefficient (Wildman–Crippen LogP) is 4.69. The summed E-state index contributed by atoms with van der Waals surface area (Å²) in [6.45, 7) is 6.74. The minimum Gasteiger partial charge on any atom is -0.341 e. The van der Waals surface area contributed by atoms with E-state index in [9.17, 15) is 4.79 Å². The summed E-state index contributed by atoms with van der Waals surface area (Å²) in [6.07, 6.45) is 0. The van der Waals surface area contributed by atoms with Crippen molar-refractivity contribution in [2.45, 2.75) is 33.1 Å². The van der Waals surface area contributed by atoms with E-state index >= 15 is 0 Å². The lowest BCUT2D eigenvalue weighted by Gasteiger charge is -2.17. The number of nitrogens with zero attached hydrogens (tertiary/aromatic N) is 3. The summed E-state index contributed by atoms with van der Waals surface area (Å²) in [5, 5.41) is 4.68. The average molecular weight is 394 g/mol. The van der Waals surface area contributed by atoms with E-state index in [1.165, 1.54) is 11.1 Å². The van der Waals surface area contributed by atoms with E-state index in [4.69, 9.17) is 0 Å². The van der Waals surface area contributed by atoms with Gasteiger partial charge in [-0.15, -0.1) is 11.8 Å². The van der Waals surface area contributed by atoms with Gasteiger partial charge in [-0.25, -0.2) is 4.68 Å². The van der Waals surface area contributed by atoms with E-state index in [1.54, 1.807) is 16.7 Å². The molecule has 0 aliphatic heterocycles.